The molecule has 0 aromatic heterocycles. The number of amides is 1. The molecule has 0 spiro atoms. The molecular formula is C13H24N2O2. The van der Waals surface area contributed by atoms with E-state index < -0.39 is 0 Å². The number of likely N-dealkylation sites (tertiary alicyclic amines) is 1. The molecule has 2 saturated heterocycles. The van der Waals surface area contributed by atoms with E-state index in [1.807, 2.05) is 7.05 Å². The van der Waals surface area contributed by atoms with Crippen molar-refractivity contribution in [3.05, 3.63) is 0 Å². The van der Waals surface area contributed by atoms with E-state index in [-0.39, 0.29) is 17.9 Å². The first-order chi connectivity index (χ1) is 8.15. The third kappa shape index (κ3) is 2.47. The van der Waals surface area contributed by atoms with Gasteiger partial charge in [0.15, 0.2) is 0 Å². The van der Waals surface area contributed by atoms with Gasteiger partial charge >= 0.3 is 0 Å². The van der Waals surface area contributed by atoms with Gasteiger partial charge in [0.1, 0.15) is 0 Å². The second kappa shape index (κ2) is 5.36. The van der Waals surface area contributed by atoms with E-state index in [4.69, 9.17) is 4.74 Å². The first kappa shape index (κ1) is 12.8. The number of carbonyl (C=O) groups excluding carboxylic acids is 1. The number of likely N-dealkylation sites (N-methyl/N-ethyl adjacent to an activating group) is 1. The Labute approximate surface area is 104 Å². The number of hydrogen-bond acceptors (Lipinski definition) is 3. The molecule has 0 radical (unpaired) electrons. The van der Waals surface area contributed by atoms with Gasteiger partial charge in [-0.1, -0.05) is 13.8 Å². The largest absolute Gasteiger partial charge is 0.379 e. The zero-order chi connectivity index (χ0) is 12.4. The Bertz CT molecular complexity index is 281. The van der Waals surface area contributed by atoms with E-state index in [2.05, 4.69) is 24.1 Å². The van der Waals surface area contributed by atoms with Crippen LogP contribution in [0.15, 0.2) is 0 Å². The van der Waals surface area contributed by atoms with Crippen molar-refractivity contribution in [2.45, 2.75) is 38.8 Å². The smallest absolute Gasteiger partial charge is 0.229 e. The van der Waals surface area contributed by atoms with Crippen LogP contribution in [0.3, 0.4) is 0 Å². The molecule has 3 unspecified atom stereocenters. The SMILES string of the molecule is CNC1COCC1C(=O)N1CCCC1C(C)C. The molecule has 98 valence electrons. The molecule has 1 amide bonds. The van der Waals surface area contributed by atoms with Crippen LogP contribution in [0.4, 0.5) is 0 Å². The Kier molecular flexibility index (Phi) is 4.05. The Morgan fingerprint density at radius 2 is 2.18 bits per heavy atom. The number of nitrogens with zero attached hydrogens (tertiary/aromatic N) is 1. The molecule has 4 heteroatoms. The molecule has 3 atom stereocenters. The van der Waals surface area contributed by atoms with Crippen LogP contribution >= 0.6 is 0 Å². The minimum Gasteiger partial charge on any atom is -0.379 e. The highest BCUT2D eigenvalue weighted by molar-refractivity contribution is 5.80. The predicted molar refractivity (Wildman–Crippen MR) is 66.7 cm³/mol. The van der Waals surface area contributed by atoms with Crippen molar-refractivity contribution in [2.75, 3.05) is 26.8 Å². The van der Waals surface area contributed by atoms with Gasteiger partial charge in [0.2, 0.25) is 5.91 Å². The van der Waals surface area contributed by atoms with Crippen LogP contribution in [0.1, 0.15) is 26.7 Å². The van der Waals surface area contributed by atoms with Gasteiger partial charge in [0.25, 0.3) is 0 Å². The van der Waals surface area contributed by atoms with Crippen LogP contribution < -0.4 is 5.32 Å². The second-order valence-corrected chi connectivity index (χ2v) is 5.52. The Morgan fingerprint density at radius 1 is 1.41 bits per heavy atom. The third-order valence-electron chi connectivity index (χ3n) is 4.12. The topological polar surface area (TPSA) is 41.6 Å². The Hall–Kier alpha value is -0.610. The van der Waals surface area contributed by atoms with E-state index in [1.165, 1.54) is 0 Å². The summed E-state index contributed by atoms with van der Waals surface area (Å²) in [5, 5.41) is 3.19. The molecule has 17 heavy (non-hydrogen) atoms. The van der Waals surface area contributed by atoms with Crippen molar-refractivity contribution >= 4 is 5.91 Å². The summed E-state index contributed by atoms with van der Waals surface area (Å²) in [6.07, 6.45) is 2.30. The minimum atomic E-state index is 0.0133. The molecule has 2 heterocycles. The summed E-state index contributed by atoms with van der Waals surface area (Å²) in [6, 6.07) is 0.622. The molecule has 2 rings (SSSR count). The van der Waals surface area contributed by atoms with Gasteiger partial charge in [-0.15, -0.1) is 0 Å². The number of hydrogen-bond donors (Lipinski definition) is 1. The first-order valence-corrected chi connectivity index (χ1v) is 6.70. The molecule has 0 bridgehead atoms. The van der Waals surface area contributed by atoms with Crippen LogP contribution in [0.25, 0.3) is 0 Å². The summed E-state index contributed by atoms with van der Waals surface area (Å²) >= 11 is 0. The van der Waals surface area contributed by atoms with E-state index in [0.29, 0.717) is 25.2 Å². The Balaban J connectivity index is 2.03. The maximum absolute atomic E-state index is 12.5. The molecular weight excluding hydrogens is 216 g/mol. The van der Waals surface area contributed by atoms with E-state index in [1.54, 1.807) is 0 Å². The minimum absolute atomic E-state index is 0.0133. The monoisotopic (exact) mass is 240 g/mol. The molecule has 2 aliphatic heterocycles. The summed E-state index contributed by atoms with van der Waals surface area (Å²) in [6.45, 7) is 6.57. The maximum atomic E-state index is 12.5. The molecule has 0 aromatic carbocycles. The fourth-order valence-electron chi connectivity index (χ4n) is 3.05. The van der Waals surface area contributed by atoms with E-state index in [0.717, 1.165) is 19.4 Å². The van der Waals surface area contributed by atoms with Crippen LogP contribution in [0, 0.1) is 11.8 Å². The van der Waals surface area contributed by atoms with Gasteiger partial charge in [0, 0.05) is 18.6 Å². The van der Waals surface area contributed by atoms with Crippen molar-refractivity contribution in [3.8, 4) is 0 Å². The normalized spacial score (nSPS) is 33.6. The first-order valence-electron chi connectivity index (χ1n) is 6.70. The number of nitrogens with one attached hydrogen (secondary N) is 1. The quantitative estimate of drug-likeness (QED) is 0.796. The van der Waals surface area contributed by atoms with Gasteiger partial charge in [-0.05, 0) is 25.8 Å². The van der Waals surface area contributed by atoms with Crippen LogP contribution in [-0.2, 0) is 9.53 Å². The molecule has 0 aromatic rings. The molecule has 2 aliphatic rings. The average molecular weight is 240 g/mol. The van der Waals surface area contributed by atoms with Crippen molar-refractivity contribution < 1.29 is 9.53 Å². The summed E-state index contributed by atoms with van der Waals surface area (Å²) in [7, 11) is 1.91. The fraction of sp³-hybridized carbons (Fsp3) is 0.923. The fourth-order valence-corrected chi connectivity index (χ4v) is 3.05. The lowest BCUT2D eigenvalue weighted by Crippen LogP contribution is -2.47. The van der Waals surface area contributed by atoms with Gasteiger partial charge in [-0.25, -0.2) is 0 Å². The van der Waals surface area contributed by atoms with Crippen molar-refractivity contribution in [1.82, 2.24) is 10.2 Å². The van der Waals surface area contributed by atoms with Crippen LogP contribution in [-0.4, -0.2) is 49.7 Å². The van der Waals surface area contributed by atoms with Gasteiger partial charge in [0.05, 0.1) is 19.1 Å². The zero-order valence-corrected chi connectivity index (χ0v) is 11.1. The van der Waals surface area contributed by atoms with Crippen LogP contribution in [0.5, 0.6) is 0 Å². The van der Waals surface area contributed by atoms with Crippen molar-refractivity contribution in [2.24, 2.45) is 11.8 Å². The number of carbonyl (C=O) groups is 1. The summed E-state index contributed by atoms with van der Waals surface area (Å²) < 4.78 is 5.43. The molecule has 4 nitrogen and oxygen atoms in total. The molecule has 0 saturated carbocycles. The van der Waals surface area contributed by atoms with E-state index >= 15 is 0 Å². The second-order valence-electron chi connectivity index (χ2n) is 5.52. The van der Waals surface area contributed by atoms with Gasteiger partial charge in [-0.3, -0.25) is 4.79 Å². The maximum Gasteiger partial charge on any atom is 0.229 e. The molecule has 0 aliphatic carbocycles. The third-order valence-corrected chi connectivity index (χ3v) is 4.12. The lowest BCUT2D eigenvalue weighted by Gasteiger charge is -2.31. The highest BCUT2D eigenvalue weighted by Gasteiger charge is 2.40. The number of ether oxygens (including phenoxy) is 1. The summed E-state index contributed by atoms with van der Waals surface area (Å²) in [4.78, 5) is 14.6. The van der Waals surface area contributed by atoms with Crippen molar-refractivity contribution in [1.29, 1.82) is 0 Å². The van der Waals surface area contributed by atoms with Crippen LogP contribution in [0.2, 0.25) is 0 Å². The number of rotatable bonds is 3. The Morgan fingerprint density at radius 3 is 2.82 bits per heavy atom. The van der Waals surface area contributed by atoms with Gasteiger partial charge < -0.3 is 15.0 Å². The standard InChI is InChI=1S/C13H24N2O2/c1-9(2)12-5-4-6-15(12)13(16)10-7-17-8-11(10)14-3/h9-12,14H,4-8H2,1-3H3. The zero-order valence-electron chi connectivity index (χ0n) is 11.1. The molecule has 1 N–H and O–H groups in total. The summed E-state index contributed by atoms with van der Waals surface area (Å²) in [5.41, 5.74) is 0. The van der Waals surface area contributed by atoms with Gasteiger partial charge in [-0.2, -0.15) is 0 Å². The summed E-state index contributed by atoms with van der Waals surface area (Å²) in [5.74, 6) is 0.856. The van der Waals surface area contributed by atoms with Crippen molar-refractivity contribution in [3.63, 3.8) is 0 Å². The lowest BCUT2D eigenvalue weighted by atomic mass is 9.98. The highest BCUT2D eigenvalue weighted by Crippen LogP contribution is 2.27. The average Bonchev–Trinajstić information content (AvgIpc) is 2.96. The highest BCUT2D eigenvalue weighted by atomic mass is 16.5. The molecule has 2 fully saturated rings. The predicted octanol–water partition coefficient (Wildman–Crippen LogP) is 0.868. The van der Waals surface area contributed by atoms with E-state index in [9.17, 15) is 4.79 Å². The lowest BCUT2D eigenvalue weighted by molar-refractivity contribution is -0.137.